The Morgan fingerprint density at radius 1 is 1.00 bits per heavy atom. The van der Waals surface area contributed by atoms with E-state index in [2.05, 4.69) is 4.99 Å². The monoisotopic (exact) mass is 500 g/mol. The van der Waals surface area contributed by atoms with Crippen LogP contribution < -0.4 is 5.73 Å². The third kappa shape index (κ3) is 5.51. The van der Waals surface area contributed by atoms with Gasteiger partial charge in [0.1, 0.15) is 11.6 Å². The van der Waals surface area contributed by atoms with Crippen LogP contribution in [0.25, 0.3) is 0 Å². The normalized spacial score (nSPS) is 9.20. The summed E-state index contributed by atoms with van der Waals surface area (Å²) in [7, 11) is 0. The van der Waals surface area contributed by atoms with Crippen molar-refractivity contribution in [1.29, 1.82) is 0 Å². The van der Waals surface area contributed by atoms with E-state index >= 15 is 0 Å². The Labute approximate surface area is 141 Å². The van der Waals surface area contributed by atoms with Crippen molar-refractivity contribution in [3.8, 4) is 0 Å². The number of aliphatic imine (C=N–C) groups is 1. The molecule has 0 unspecified atom stereocenters. The van der Waals surface area contributed by atoms with Gasteiger partial charge in [-0.15, -0.1) is 0 Å². The van der Waals surface area contributed by atoms with E-state index in [0.29, 0.717) is 14.9 Å². The number of hydrogen-bond acceptors (Lipinski definition) is 3. The fraction of sp³-hybridized carbons (Fsp3) is 0. The van der Waals surface area contributed by atoms with Crippen LogP contribution in [-0.4, -0.2) is 6.08 Å². The summed E-state index contributed by atoms with van der Waals surface area (Å²) in [5, 5.41) is 0. The average Bonchev–Trinajstić information content (AvgIpc) is 2.39. The van der Waals surface area contributed by atoms with Gasteiger partial charge in [-0.1, -0.05) is 0 Å². The molecule has 7 heteroatoms. The van der Waals surface area contributed by atoms with Gasteiger partial charge in [0.25, 0.3) is 0 Å². The third-order valence-corrected chi connectivity index (χ3v) is 3.84. The van der Waals surface area contributed by atoms with E-state index in [0.717, 1.165) is 3.57 Å². The highest BCUT2D eigenvalue weighted by molar-refractivity contribution is 14.1. The van der Waals surface area contributed by atoms with Gasteiger partial charge < -0.3 is 5.73 Å². The van der Waals surface area contributed by atoms with Crippen LogP contribution in [0.15, 0.2) is 41.4 Å². The first-order chi connectivity index (χ1) is 9.43. The Kier molecular flexibility index (Phi) is 7.03. The van der Waals surface area contributed by atoms with Gasteiger partial charge in [0.2, 0.25) is 6.08 Å². The SMILES string of the molecule is Nc1ccc(F)cc1I.O=C=Nc1ccc(F)cc1I. The molecule has 0 atom stereocenters. The summed E-state index contributed by atoms with van der Waals surface area (Å²) in [6.07, 6.45) is 1.39. The number of anilines is 1. The van der Waals surface area contributed by atoms with Gasteiger partial charge in [0.15, 0.2) is 0 Å². The van der Waals surface area contributed by atoms with Gasteiger partial charge in [-0.05, 0) is 81.6 Å². The second kappa shape index (κ2) is 8.28. The molecule has 0 amide bonds. The summed E-state index contributed by atoms with van der Waals surface area (Å²) >= 11 is 3.88. The van der Waals surface area contributed by atoms with Crippen LogP contribution in [0.1, 0.15) is 0 Å². The maximum atomic E-state index is 12.4. The van der Waals surface area contributed by atoms with Crippen molar-refractivity contribution in [2.24, 2.45) is 4.99 Å². The molecule has 0 radical (unpaired) electrons. The van der Waals surface area contributed by atoms with Crippen LogP contribution in [0.3, 0.4) is 0 Å². The van der Waals surface area contributed by atoms with E-state index in [1.165, 1.54) is 36.4 Å². The van der Waals surface area contributed by atoms with Crippen LogP contribution in [0, 0.1) is 18.8 Å². The fourth-order valence-corrected chi connectivity index (χ4v) is 2.20. The Morgan fingerprint density at radius 2 is 1.55 bits per heavy atom. The van der Waals surface area contributed by atoms with E-state index in [-0.39, 0.29) is 11.6 Å². The topological polar surface area (TPSA) is 55.5 Å². The number of isocyanates is 1. The van der Waals surface area contributed by atoms with Gasteiger partial charge in [-0.2, -0.15) is 4.99 Å². The van der Waals surface area contributed by atoms with E-state index in [9.17, 15) is 13.6 Å². The van der Waals surface area contributed by atoms with Crippen molar-refractivity contribution in [3.63, 3.8) is 0 Å². The first-order valence-corrected chi connectivity index (χ1v) is 7.33. The molecule has 2 rings (SSSR count). The average molecular weight is 500 g/mol. The minimum absolute atomic E-state index is 0.242. The maximum Gasteiger partial charge on any atom is 0.240 e. The fourth-order valence-electron chi connectivity index (χ4n) is 1.12. The maximum absolute atomic E-state index is 12.4. The molecule has 0 heterocycles. The van der Waals surface area contributed by atoms with E-state index < -0.39 is 0 Å². The number of halogens is 4. The molecule has 0 fully saturated rings. The lowest BCUT2D eigenvalue weighted by atomic mass is 10.3. The van der Waals surface area contributed by atoms with E-state index in [1.54, 1.807) is 6.07 Å². The molecule has 0 aliphatic carbocycles. The zero-order chi connectivity index (χ0) is 15.1. The molecule has 0 saturated carbocycles. The highest BCUT2D eigenvalue weighted by Crippen LogP contribution is 2.21. The highest BCUT2D eigenvalue weighted by atomic mass is 127. The Hall–Kier alpha value is -1.06. The summed E-state index contributed by atoms with van der Waals surface area (Å²) in [6.45, 7) is 0. The summed E-state index contributed by atoms with van der Waals surface area (Å²) in [4.78, 5) is 13.2. The molecule has 0 spiro atoms. The lowest BCUT2D eigenvalue weighted by molar-refractivity contribution is 0.565. The van der Waals surface area contributed by atoms with Crippen molar-refractivity contribution >= 4 is 62.6 Å². The molecular formula is C13H8F2I2N2O. The zero-order valence-corrected chi connectivity index (χ0v) is 14.2. The largest absolute Gasteiger partial charge is 0.398 e. The highest BCUT2D eigenvalue weighted by Gasteiger charge is 1.98. The van der Waals surface area contributed by atoms with Crippen LogP contribution in [-0.2, 0) is 4.79 Å². The smallest absolute Gasteiger partial charge is 0.240 e. The standard InChI is InChI=1S/C7H3FINO.C6H5FIN/c8-5-1-2-7(10-4-11)6(9)3-5;7-4-1-2-6(9)5(8)3-4/h1-3H;1-3H,9H2. The van der Waals surface area contributed by atoms with Crippen LogP contribution in [0.4, 0.5) is 20.2 Å². The zero-order valence-electron chi connectivity index (χ0n) is 9.91. The summed E-state index contributed by atoms with van der Waals surface area (Å²) in [5.74, 6) is -0.576. The molecule has 2 aromatic carbocycles. The van der Waals surface area contributed by atoms with Crippen molar-refractivity contribution in [3.05, 3.63) is 55.2 Å². The van der Waals surface area contributed by atoms with Crippen LogP contribution in [0.5, 0.6) is 0 Å². The van der Waals surface area contributed by atoms with Crippen LogP contribution >= 0.6 is 45.2 Å². The van der Waals surface area contributed by atoms with Gasteiger partial charge >= 0.3 is 0 Å². The van der Waals surface area contributed by atoms with Gasteiger partial charge in [0, 0.05) is 12.8 Å². The number of nitrogens with zero attached hydrogens (tertiary/aromatic N) is 1. The van der Waals surface area contributed by atoms with Gasteiger partial charge in [0.05, 0.1) is 5.69 Å². The van der Waals surface area contributed by atoms with Crippen molar-refractivity contribution in [2.75, 3.05) is 5.73 Å². The first-order valence-electron chi connectivity index (χ1n) is 5.17. The molecule has 0 saturated heterocycles. The molecular weight excluding hydrogens is 492 g/mol. The van der Waals surface area contributed by atoms with E-state index in [1.807, 2.05) is 45.2 Å². The Balaban J connectivity index is 0.000000204. The molecule has 2 aromatic rings. The quantitative estimate of drug-likeness (QED) is 0.273. The van der Waals surface area contributed by atoms with E-state index in [4.69, 9.17) is 5.73 Å². The minimum Gasteiger partial charge on any atom is -0.398 e. The molecule has 104 valence electrons. The van der Waals surface area contributed by atoms with Crippen molar-refractivity contribution in [1.82, 2.24) is 0 Å². The number of benzene rings is 2. The molecule has 2 N–H and O–H groups in total. The molecule has 20 heavy (non-hydrogen) atoms. The lowest BCUT2D eigenvalue weighted by Crippen LogP contribution is -1.88. The number of nitrogen functional groups attached to an aromatic ring is 1. The predicted octanol–water partition coefficient (Wildman–Crippen LogP) is 4.41. The number of hydrogen-bond donors (Lipinski definition) is 1. The molecule has 0 aliphatic heterocycles. The minimum atomic E-state index is -0.334. The van der Waals surface area contributed by atoms with Crippen molar-refractivity contribution in [2.45, 2.75) is 0 Å². The summed E-state index contributed by atoms with van der Waals surface area (Å²) in [5.41, 5.74) is 6.48. The summed E-state index contributed by atoms with van der Waals surface area (Å²) in [6, 6.07) is 8.28. The second-order valence-corrected chi connectivity index (χ2v) is 5.79. The Bertz CT molecular complexity index is 659. The van der Waals surface area contributed by atoms with Gasteiger partial charge in [-0.3, -0.25) is 0 Å². The first kappa shape index (κ1) is 17.0. The second-order valence-electron chi connectivity index (χ2n) is 3.46. The summed E-state index contributed by atoms with van der Waals surface area (Å²) < 4.78 is 26.1. The lowest BCUT2D eigenvalue weighted by Gasteiger charge is -1.94. The third-order valence-electron chi connectivity index (χ3n) is 2.04. The van der Waals surface area contributed by atoms with Gasteiger partial charge in [-0.25, -0.2) is 13.6 Å². The predicted molar refractivity (Wildman–Crippen MR) is 90.4 cm³/mol. The van der Waals surface area contributed by atoms with Crippen LogP contribution in [0.2, 0.25) is 0 Å². The molecule has 3 nitrogen and oxygen atoms in total. The van der Waals surface area contributed by atoms with Crippen molar-refractivity contribution < 1.29 is 13.6 Å². The number of nitrogens with two attached hydrogens (primary N) is 1. The Morgan fingerprint density at radius 3 is 2.00 bits per heavy atom. The molecule has 0 aliphatic rings. The molecule has 0 bridgehead atoms. The number of carbonyl (C=O) groups excluding carboxylic acids is 1. The number of rotatable bonds is 1. The molecule has 0 aromatic heterocycles.